The molecule has 0 fully saturated rings. The minimum atomic E-state index is 0.744. The molecular formula is C58H36N2O2. The van der Waals surface area contributed by atoms with E-state index in [1.807, 2.05) is 0 Å². The van der Waals surface area contributed by atoms with Crippen LogP contribution in [0, 0.1) is 0 Å². The first kappa shape index (κ1) is 34.5. The Morgan fingerprint density at radius 3 is 1.06 bits per heavy atom. The molecule has 0 saturated heterocycles. The molecule has 0 unspecified atom stereocenters. The van der Waals surface area contributed by atoms with Crippen LogP contribution in [0.15, 0.2) is 227 Å². The second kappa shape index (κ2) is 13.6. The summed E-state index contributed by atoms with van der Waals surface area (Å²) in [5.74, 6) is 0. The fourth-order valence-corrected chi connectivity index (χ4v) is 9.77. The molecule has 290 valence electrons. The van der Waals surface area contributed by atoms with Gasteiger partial charge in [0.2, 0.25) is 0 Å². The number of nitrogens with zero attached hydrogens (tertiary/aromatic N) is 2. The molecule has 0 amide bonds. The molecule has 2 aromatic heterocycles. The van der Waals surface area contributed by atoms with Gasteiger partial charge in [-0.3, -0.25) is 0 Å². The summed E-state index contributed by atoms with van der Waals surface area (Å²) in [5.41, 5.74) is 9.47. The van der Waals surface area contributed by atoms with E-state index in [1.165, 1.54) is 21.5 Å². The van der Waals surface area contributed by atoms with Crippen LogP contribution in [0.1, 0.15) is 0 Å². The Balaban J connectivity index is 1.06. The molecule has 0 aliphatic rings. The van der Waals surface area contributed by atoms with Crippen LogP contribution in [0.4, 0.5) is 34.1 Å². The van der Waals surface area contributed by atoms with Crippen LogP contribution in [0.3, 0.4) is 0 Å². The maximum absolute atomic E-state index is 7.07. The predicted molar refractivity (Wildman–Crippen MR) is 260 cm³/mol. The standard InChI is InChI=1S/C58H36N2O2/c1-3-19-41(20-4-1)59(43-29-27-37-15-7-9-17-39(37)33-43)51-35-53-55(47-25-13-11-23-45(47)51)49-31-32-50-56-48-26-14-12-24-46(48)52(36-54(56)62-58(50)57(49)61-53)60(42-21-5-2-6-22-42)44-30-28-38-16-8-10-18-40(38)34-44/h1-36H. The lowest BCUT2D eigenvalue weighted by atomic mass is 9.98. The quantitative estimate of drug-likeness (QED) is 0.168. The summed E-state index contributed by atoms with van der Waals surface area (Å²) in [6.45, 7) is 0. The Labute approximate surface area is 356 Å². The highest BCUT2D eigenvalue weighted by atomic mass is 16.4. The molecule has 4 heteroatoms. The summed E-state index contributed by atoms with van der Waals surface area (Å²) in [6, 6.07) is 77.9. The highest BCUT2D eigenvalue weighted by molar-refractivity contribution is 6.30. The summed E-state index contributed by atoms with van der Waals surface area (Å²) in [7, 11) is 0. The highest BCUT2D eigenvalue weighted by Gasteiger charge is 2.25. The lowest BCUT2D eigenvalue weighted by Gasteiger charge is -2.27. The second-order valence-electron chi connectivity index (χ2n) is 16.1. The summed E-state index contributed by atoms with van der Waals surface area (Å²) in [4.78, 5) is 4.69. The van der Waals surface area contributed by atoms with Crippen LogP contribution in [0.2, 0.25) is 0 Å². The molecule has 0 aliphatic heterocycles. The molecule has 0 radical (unpaired) electrons. The Morgan fingerprint density at radius 2 is 0.629 bits per heavy atom. The van der Waals surface area contributed by atoms with Crippen LogP contribution in [-0.2, 0) is 0 Å². The Morgan fingerprint density at radius 1 is 0.258 bits per heavy atom. The van der Waals surface area contributed by atoms with E-state index < -0.39 is 0 Å². The Bertz CT molecular complexity index is 3630. The molecule has 0 spiro atoms. The third kappa shape index (κ3) is 5.27. The molecule has 0 aliphatic carbocycles. The lowest BCUT2D eigenvalue weighted by molar-refractivity contribution is 0.633. The number of furan rings is 2. The van der Waals surface area contributed by atoms with E-state index in [9.17, 15) is 0 Å². The zero-order valence-corrected chi connectivity index (χ0v) is 33.5. The molecule has 0 atom stereocenters. The van der Waals surface area contributed by atoms with Crippen LogP contribution in [0.5, 0.6) is 0 Å². The first-order valence-corrected chi connectivity index (χ1v) is 21.1. The van der Waals surface area contributed by atoms with Crippen molar-refractivity contribution in [2.24, 2.45) is 0 Å². The molecule has 62 heavy (non-hydrogen) atoms. The Hall–Kier alpha value is -8.34. The Kier molecular flexibility index (Phi) is 7.57. The van der Waals surface area contributed by atoms with Gasteiger partial charge in [-0.15, -0.1) is 0 Å². The molecule has 13 rings (SSSR count). The summed E-state index contributed by atoms with van der Waals surface area (Å²) in [5, 5.41) is 13.5. The van der Waals surface area contributed by atoms with Crippen LogP contribution in [-0.4, -0.2) is 0 Å². The van der Waals surface area contributed by atoms with Crippen molar-refractivity contribution in [1.29, 1.82) is 0 Å². The zero-order valence-electron chi connectivity index (χ0n) is 33.5. The van der Waals surface area contributed by atoms with Crippen molar-refractivity contribution in [3.05, 3.63) is 218 Å². The largest absolute Gasteiger partial charge is 0.452 e. The van der Waals surface area contributed by atoms with E-state index in [1.54, 1.807) is 0 Å². The van der Waals surface area contributed by atoms with Crippen LogP contribution >= 0.6 is 0 Å². The molecule has 13 aromatic rings. The van der Waals surface area contributed by atoms with E-state index >= 15 is 0 Å². The average Bonchev–Trinajstić information content (AvgIpc) is 3.91. The van der Waals surface area contributed by atoms with Gasteiger partial charge in [0.05, 0.1) is 11.4 Å². The fourth-order valence-electron chi connectivity index (χ4n) is 9.77. The van der Waals surface area contributed by atoms with Crippen LogP contribution < -0.4 is 9.80 Å². The van der Waals surface area contributed by atoms with E-state index in [-0.39, 0.29) is 0 Å². The minimum Gasteiger partial charge on any atom is -0.452 e. The molecule has 0 bridgehead atoms. The number of anilines is 6. The van der Waals surface area contributed by atoms with Gasteiger partial charge in [0.25, 0.3) is 0 Å². The van der Waals surface area contributed by atoms with Gasteiger partial charge < -0.3 is 18.6 Å². The van der Waals surface area contributed by atoms with Gasteiger partial charge in [0.15, 0.2) is 11.2 Å². The van der Waals surface area contributed by atoms with E-state index in [0.717, 1.165) is 99.5 Å². The summed E-state index contributed by atoms with van der Waals surface area (Å²) >= 11 is 0. The van der Waals surface area contributed by atoms with Gasteiger partial charge >= 0.3 is 0 Å². The van der Waals surface area contributed by atoms with Crippen LogP contribution in [0.25, 0.3) is 87.0 Å². The summed E-state index contributed by atoms with van der Waals surface area (Å²) in [6.07, 6.45) is 0. The number of hydrogen-bond donors (Lipinski definition) is 0. The number of hydrogen-bond acceptors (Lipinski definition) is 4. The van der Waals surface area contributed by atoms with Gasteiger partial charge in [-0.05, 0) is 93.0 Å². The SMILES string of the molecule is c1ccc(N(c2ccc3ccccc3c2)c2cc3oc4c(ccc5c4oc4cc(N(c6ccccc6)c6ccc7ccccc7c6)c6ccccc6c45)c3c3ccccc23)cc1. The number of rotatable bonds is 6. The number of benzene rings is 11. The first-order valence-electron chi connectivity index (χ1n) is 21.1. The molecule has 0 N–H and O–H groups in total. The van der Waals surface area contributed by atoms with Crippen molar-refractivity contribution >= 4 is 121 Å². The monoisotopic (exact) mass is 792 g/mol. The van der Waals surface area contributed by atoms with Gasteiger partial charge in [-0.25, -0.2) is 0 Å². The molecule has 11 aromatic carbocycles. The van der Waals surface area contributed by atoms with Crippen molar-refractivity contribution in [2.45, 2.75) is 0 Å². The first-order chi connectivity index (χ1) is 30.7. The van der Waals surface area contributed by atoms with E-state index in [4.69, 9.17) is 8.83 Å². The second-order valence-corrected chi connectivity index (χ2v) is 16.1. The van der Waals surface area contributed by atoms with Crippen molar-refractivity contribution in [1.82, 2.24) is 0 Å². The zero-order chi connectivity index (χ0) is 40.7. The highest BCUT2D eigenvalue weighted by Crippen LogP contribution is 2.49. The molecule has 4 nitrogen and oxygen atoms in total. The number of para-hydroxylation sites is 2. The third-order valence-electron chi connectivity index (χ3n) is 12.5. The van der Waals surface area contributed by atoms with Crippen molar-refractivity contribution in [3.8, 4) is 0 Å². The maximum atomic E-state index is 7.07. The normalized spacial score (nSPS) is 11.9. The smallest absolute Gasteiger partial charge is 0.178 e. The van der Waals surface area contributed by atoms with Crippen molar-refractivity contribution in [3.63, 3.8) is 0 Å². The number of fused-ring (bicyclic) bond motifs is 13. The van der Waals surface area contributed by atoms with E-state index in [0.29, 0.717) is 0 Å². The van der Waals surface area contributed by atoms with E-state index in [2.05, 4.69) is 228 Å². The lowest BCUT2D eigenvalue weighted by Crippen LogP contribution is -2.10. The molecule has 2 heterocycles. The molecular weight excluding hydrogens is 757 g/mol. The van der Waals surface area contributed by atoms with Gasteiger partial charge in [-0.1, -0.05) is 146 Å². The third-order valence-corrected chi connectivity index (χ3v) is 12.5. The average molecular weight is 793 g/mol. The fraction of sp³-hybridized carbons (Fsp3) is 0. The minimum absolute atomic E-state index is 0.744. The van der Waals surface area contributed by atoms with Gasteiger partial charge in [0.1, 0.15) is 11.2 Å². The topological polar surface area (TPSA) is 32.8 Å². The van der Waals surface area contributed by atoms with Crippen molar-refractivity contribution < 1.29 is 8.83 Å². The summed E-state index contributed by atoms with van der Waals surface area (Å²) < 4.78 is 14.1. The maximum Gasteiger partial charge on any atom is 0.178 e. The van der Waals surface area contributed by atoms with Crippen molar-refractivity contribution in [2.75, 3.05) is 9.80 Å². The predicted octanol–water partition coefficient (Wildman–Crippen LogP) is 17.0. The molecule has 0 saturated carbocycles. The van der Waals surface area contributed by atoms with Gasteiger partial charge in [-0.2, -0.15) is 0 Å². The van der Waals surface area contributed by atoms with Gasteiger partial charge in [0, 0.05) is 67.2 Å².